The van der Waals surface area contributed by atoms with E-state index in [1.54, 1.807) is 6.08 Å². The predicted octanol–water partition coefficient (Wildman–Crippen LogP) is 0.988. The van der Waals surface area contributed by atoms with Crippen LogP contribution in [0.4, 0.5) is 0 Å². The zero-order valence-electron chi connectivity index (χ0n) is 8.65. The Morgan fingerprint density at radius 1 is 1.40 bits per heavy atom. The van der Waals surface area contributed by atoms with E-state index in [0.717, 1.165) is 5.56 Å². The highest BCUT2D eigenvalue weighted by atomic mass is 16.1. The summed E-state index contributed by atoms with van der Waals surface area (Å²) in [6.45, 7) is 3.58. The molecular formula is C12H16N2O. The second kappa shape index (κ2) is 4.75. The fourth-order valence-corrected chi connectivity index (χ4v) is 1.48. The Kier molecular flexibility index (Phi) is 3.63. The fraction of sp³-hybridized carbons (Fsp3) is 0.250. The van der Waals surface area contributed by atoms with Crippen molar-refractivity contribution >= 4 is 5.91 Å². The number of hydrogen-bond acceptors (Lipinski definition) is 2. The zero-order valence-corrected chi connectivity index (χ0v) is 8.65. The summed E-state index contributed by atoms with van der Waals surface area (Å²) in [5, 5.41) is 0. The normalized spacial score (nSPS) is 14.2. The van der Waals surface area contributed by atoms with Crippen LogP contribution in [0.5, 0.6) is 0 Å². The monoisotopic (exact) mass is 204 g/mol. The summed E-state index contributed by atoms with van der Waals surface area (Å²) in [6, 6.07) is 9.58. The molecule has 0 aliphatic heterocycles. The summed E-state index contributed by atoms with van der Waals surface area (Å²) < 4.78 is 0. The van der Waals surface area contributed by atoms with E-state index in [2.05, 4.69) is 6.58 Å². The van der Waals surface area contributed by atoms with Gasteiger partial charge in [0.25, 0.3) is 0 Å². The molecule has 0 spiro atoms. The van der Waals surface area contributed by atoms with Crippen molar-refractivity contribution in [2.75, 3.05) is 0 Å². The standard InChI is InChI=1S/C12H16N2O/c1-2-8-12(14,11(13)15)9-10-6-4-3-5-7-10/h2-7H,1,8-9,14H2,(H2,13,15)/t12-/m1/s1. The van der Waals surface area contributed by atoms with E-state index >= 15 is 0 Å². The van der Waals surface area contributed by atoms with E-state index in [9.17, 15) is 4.79 Å². The largest absolute Gasteiger partial charge is 0.368 e. The number of carbonyl (C=O) groups excluding carboxylic acids is 1. The molecule has 0 aliphatic rings. The van der Waals surface area contributed by atoms with Crippen molar-refractivity contribution < 1.29 is 4.79 Å². The van der Waals surface area contributed by atoms with Crippen LogP contribution in [-0.4, -0.2) is 11.4 Å². The molecule has 0 saturated heterocycles. The van der Waals surface area contributed by atoms with Gasteiger partial charge in [0.1, 0.15) is 5.54 Å². The lowest BCUT2D eigenvalue weighted by Gasteiger charge is -2.24. The topological polar surface area (TPSA) is 69.1 Å². The molecule has 15 heavy (non-hydrogen) atoms. The molecule has 1 aromatic rings. The van der Waals surface area contributed by atoms with Crippen molar-refractivity contribution in [1.29, 1.82) is 0 Å². The Hall–Kier alpha value is -1.61. The molecule has 0 aliphatic carbocycles. The number of hydrogen-bond donors (Lipinski definition) is 2. The first-order valence-corrected chi connectivity index (χ1v) is 4.82. The van der Waals surface area contributed by atoms with E-state index in [1.807, 2.05) is 30.3 Å². The van der Waals surface area contributed by atoms with Crippen LogP contribution in [0.3, 0.4) is 0 Å². The molecule has 3 nitrogen and oxygen atoms in total. The quantitative estimate of drug-likeness (QED) is 0.702. The van der Waals surface area contributed by atoms with Crippen LogP contribution in [0.1, 0.15) is 12.0 Å². The van der Waals surface area contributed by atoms with Crippen LogP contribution in [0.15, 0.2) is 43.0 Å². The number of primary amides is 1. The minimum atomic E-state index is -1.02. The predicted molar refractivity (Wildman–Crippen MR) is 61.1 cm³/mol. The van der Waals surface area contributed by atoms with E-state index < -0.39 is 11.4 Å². The van der Waals surface area contributed by atoms with Crippen molar-refractivity contribution in [3.8, 4) is 0 Å². The first-order chi connectivity index (χ1) is 7.08. The van der Waals surface area contributed by atoms with E-state index in [0.29, 0.717) is 12.8 Å². The summed E-state index contributed by atoms with van der Waals surface area (Å²) in [7, 11) is 0. The lowest BCUT2D eigenvalue weighted by molar-refractivity contribution is -0.123. The Morgan fingerprint density at radius 3 is 2.47 bits per heavy atom. The third-order valence-electron chi connectivity index (χ3n) is 2.36. The van der Waals surface area contributed by atoms with Crippen LogP contribution in [0.2, 0.25) is 0 Å². The molecule has 3 heteroatoms. The van der Waals surface area contributed by atoms with Gasteiger partial charge in [0.05, 0.1) is 0 Å². The maximum atomic E-state index is 11.3. The van der Waals surface area contributed by atoms with Gasteiger partial charge >= 0.3 is 0 Å². The van der Waals surface area contributed by atoms with Crippen LogP contribution < -0.4 is 11.5 Å². The number of nitrogens with two attached hydrogens (primary N) is 2. The molecule has 4 N–H and O–H groups in total. The van der Waals surface area contributed by atoms with Gasteiger partial charge in [-0.2, -0.15) is 0 Å². The fourth-order valence-electron chi connectivity index (χ4n) is 1.48. The van der Waals surface area contributed by atoms with Gasteiger partial charge in [-0.15, -0.1) is 6.58 Å². The van der Waals surface area contributed by atoms with Gasteiger partial charge in [-0.3, -0.25) is 4.79 Å². The summed E-state index contributed by atoms with van der Waals surface area (Å²) >= 11 is 0. The minimum Gasteiger partial charge on any atom is -0.368 e. The van der Waals surface area contributed by atoms with Gasteiger partial charge in [-0.1, -0.05) is 36.4 Å². The zero-order chi connectivity index (χ0) is 11.3. The molecule has 0 radical (unpaired) electrons. The molecule has 0 fully saturated rings. The molecule has 80 valence electrons. The lowest BCUT2D eigenvalue weighted by atomic mass is 9.88. The summed E-state index contributed by atoms with van der Waals surface area (Å²) in [5.74, 6) is -0.494. The van der Waals surface area contributed by atoms with Crippen LogP contribution >= 0.6 is 0 Å². The van der Waals surface area contributed by atoms with Gasteiger partial charge < -0.3 is 11.5 Å². The van der Waals surface area contributed by atoms with Crippen LogP contribution in [0.25, 0.3) is 0 Å². The van der Waals surface area contributed by atoms with Crippen LogP contribution in [0, 0.1) is 0 Å². The first-order valence-electron chi connectivity index (χ1n) is 4.82. The molecule has 0 aromatic heterocycles. The van der Waals surface area contributed by atoms with Gasteiger partial charge in [0.2, 0.25) is 5.91 Å². The highest BCUT2D eigenvalue weighted by Crippen LogP contribution is 2.14. The van der Waals surface area contributed by atoms with Crippen molar-refractivity contribution in [3.63, 3.8) is 0 Å². The number of benzene rings is 1. The third kappa shape index (κ3) is 2.92. The van der Waals surface area contributed by atoms with Gasteiger partial charge in [0, 0.05) is 0 Å². The highest BCUT2D eigenvalue weighted by Gasteiger charge is 2.30. The van der Waals surface area contributed by atoms with Crippen molar-refractivity contribution in [2.24, 2.45) is 11.5 Å². The van der Waals surface area contributed by atoms with Crippen molar-refractivity contribution in [2.45, 2.75) is 18.4 Å². The molecule has 1 amide bonds. The average Bonchev–Trinajstić information content (AvgIpc) is 2.19. The maximum Gasteiger partial charge on any atom is 0.238 e. The van der Waals surface area contributed by atoms with Crippen LogP contribution in [-0.2, 0) is 11.2 Å². The molecule has 1 aromatic carbocycles. The molecule has 0 saturated carbocycles. The Bertz CT molecular complexity index is 348. The summed E-state index contributed by atoms with van der Waals surface area (Å²) in [4.78, 5) is 11.3. The maximum absolute atomic E-state index is 11.3. The first kappa shape index (κ1) is 11.5. The van der Waals surface area contributed by atoms with Gasteiger partial charge in [0.15, 0.2) is 0 Å². The summed E-state index contributed by atoms with van der Waals surface area (Å²) in [5.41, 5.74) is 11.2. The number of rotatable bonds is 5. The SMILES string of the molecule is C=CC[C@@](N)(Cc1ccccc1)C(N)=O. The van der Waals surface area contributed by atoms with Crippen molar-refractivity contribution in [1.82, 2.24) is 0 Å². The Balaban J connectivity index is 2.84. The minimum absolute atomic E-state index is 0.386. The molecule has 1 rings (SSSR count). The Labute approximate surface area is 89.8 Å². The van der Waals surface area contributed by atoms with Crippen molar-refractivity contribution in [3.05, 3.63) is 48.6 Å². The van der Waals surface area contributed by atoms with E-state index in [4.69, 9.17) is 11.5 Å². The molecule has 0 unspecified atom stereocenters. The second-order valence-electron chi connectivity index (χ2n) is 3.68. The molecule has 1 atom stereocenters. The lowest BCUT2D eigenvalue weighted by Crippen LogP contribution is -2.53. The molecular weight excluding hydrogens is 188 g/mol. The number of carbonyl (C=O) groups is 1. The number of amides is 1. The smallest absolute Gasteiger partial charge is 0.238 e. The Morgan fingerprint density at radius 2 is 2.00 bits per heavy atom. The third-order valence-corrected chi connectivity index (χ3v) is 2.36. The highest BCUT2D eigenvalue weighted by molar-refractivity contribution is 5.85. The molecule has 0 heterocycles. The van der Waals surface area contributed by atoms with Gasteiger partial charge in [-0.25, -0.2) is 0 Å². The summed E-state index contributed by atoms with van der Waals surface area (Å²) in [6.07, 6.45) is 2.44. The second-order valence-corrected chi connectivity index (χ2v) is 3.68. The van der Waals surface area contributed by atoms with Gasteiger partial charge in [-0.05, 0) is 18.4 Å². The average molecular weight is 204 g/mol. The molecule has 0 bridgehead atoms. The van der Waals surface area contributed by atoms with E-state index in [-0.39, 0.29) is 0 Å². The van der Waals surface area contributed by atoms with E-state index in [1.165, 1.54) is 0 Å².